The third kappa shape index (κ3) is 2.46. The summed E-state index contributed by atoms with van der Waals surface area (Å²) in [5.41, 5.74) is -0.146. The van der Waals surface area contributed by atoms with Crippen LogP contribution in [0, 0.1) is 5.92 Å². The topological polar surface area (TPSA) is 58.6 Å². The van der Waals surface area contributed by atoms with Crippen LogP contribution in [0.2, 0.25) is 0 Å². The Morgan fingerprint density at radius 1 is 1.21 bits per heavy atom. The van der Waals surface area contributed by atoms with Crippen LogP contribution in [0.1, 0.15) is 50.5 Å². The molecule has 0 bridgehead atoms. The first-order valence-electron chi connectivity index (χ1n) is 9.07. The molecular formula is C19H24N2O3. The molecule has 1 aliphatic carbocycles. The second-order valence-electron chi connectivity index (χ2n) is 7.18. The first kappa shape index (κ1) is 15.5. The van der Waals surface area contributed by atoms with Gasteiger partial charge in [-0.15, -0.1) is 0 Å². The van der Waals surface area contributed by atoms with Crippen LogP contribution in [0.4, 0.5) is 4.79 Å². The summed E-state index contributed by atoms with van der Waals surface area (Å²) in [6, 6.07) is 7.26. The van der Waals surface area contributed by atoms with Gasteiger partial charge in [0.1, 0.15) is 5.75 Å². The number of rotatable bonds is 4. The molecule has 0 radical (unpaired) electrons. The molecule has 3 amide bonds. The Morgan fingerprint density at radius 3 is 2.83 bits per heavy atom. The summed E-state index contributed by atoms with van der Waals surface area (Å²) in [7, 11) is 0. The van der Waals surface area contributed by atoms with Crippen molar-refractivity contribution in [3.63, 3.8) is 0 Å². The molecule has 1 spiro atoms. The molecule has 1 aromatic carbocycles. The van der Waals surface area contributed by atoms with E-state index in [9.17, 15) is 9.59 Å². The van der Waals surface area contributed by atoms with Crippen molar-refractivity contribution in [3.8, 4) is 5.75 Å². The van der Waals surface area contributed by atoms with Crippen LogP contribution in [0.3, 0.4) is 0 Å². The summed E-state index contributed by atoms with van der Waals surface area (Å²) in [5.74, 6) is 1.36. The van der Waals surface area contributed by atoms with Crippen molar-refractivity contribution in [2.24, 2.45) is 5.92 Å². The SMILES string of the molecule is O=C1NC2(CCOc3ccccc32)C(=O)N1CCCC1CCCC1. The van der Waals surface area contributed by atoms with Gasteiger partial charge in [0, 0.05) is 18.5 Å². The van der Waals surface area contributed by atoms with E-state index in [1.165, 1.54) is 30.6 Å². The predicted octanol–water partition coefficient (Wildman–Crippen LogP) is 3.19. The number of imide groups is 1. The van der Waals surface area contributed by atoms with Crippen LogP contribution in [0.5, 0.6) is 5.75 Å². The molecule has 2 fully saturated rings. The number of nitrogens with one attached hydrogen (secondary N) is 1. The zero-order chi connectivity index (χ0) is 16.6. The first-order chi connectivity index (χ1) is 11.7. The summed E-state index contributed by atoms with van der Waals surface area (Å²) in [4.78, 5) is 26.9. The molecular weight excluding hydrogens is 304 g/mol. The highest BCUT2D eigenvalue weighted by atomic mass is 16.5. The van der Waals surface area contributed by atoms with Crippen molar-refractivity contribution < 1.29 is 14.3 Å². The second kappa shape index (κ2) is 6.11. The van der Waals surface area contributed by atoms with Crippen LogP contribution < -0.4 is 10.1 Å². The quantitative estimate of drug-likeness (QED) is 0.864. The Morgan fingerprint density at radius 2 is 2.00 bits per heavy atom. The van der Waals surface area contributed by atoms with E-state index in [4.69, 9.17) is 4.74 Å². The van der Waals surface area contributed by atoms with Crippen LogP contribution >= 0.6 is 0 Å². The van der Waals surface area contributed by atoms with Crippen molar-refractivity contribution in [2.45, 2.75) is 50.5 Å². The molecule has 3 aliphatic rings. The highest BCUT2D eigenvalue weighted by molar-refractivity contribution is 6.07. The van der Waals surface area contributed by atoms with Gasteiger partial charge in [-0.05, 0) is 24.8 Å². The summed E-state index contributed by atoms with van der Waals surface area (Å²) in [6.45, 7) is 0.963. The molecule has 128 valence electrons. The molecule has 5 heteroatoms. The van der Waals surface area contributed by atoms with E-state index in [2.05, 4.69) is 5.32 Å². The van der Waals surface area contributed by atoms with E-state index in [1.54, 1.807) is 0 Å². The van der Waals surface area contributed by atoms with E-state index in [0.29, 0.717) is 25.3 Å². The average Bonchev–Trinajstić information content (AvgIpc) is 3.18. The molecule has 1 N–H and O–H groups in total. The van der Waals surface area contributed by atoms with Gasteiger partial charge < -0.3 is 10.1 Å². The molecule has 24 heavy (non-hydrogen) atoms. The van der Waals surface area contributed by atoms with Gasteiger partial charge in [-0.1, -0.05) is 43.9 Å². The highest BCUT2D eigenvalue weighted by Gasteiger charge is 2.54. The Hall–Kier alpha value is -2.04. The minimum atomic E-state index is -0.931. The van der Waals surface area contributed by atoms with Gasteiger partial charge in [0.05, 0.1) is 6.61 Å². The Balaban J connectivity index is 1.49. The predicted molar refractivity (Wildman–Crippen MR) is 89.7 cm³/mol. The second-order valence-corrected chi connectivity index (χ2v) is 7.18. The molecule has 1 atom stereocenters. The maximum atomic E-state index is 13.1. The number of para-hydroxylation sites is 1. The van der Waals surface area contributed by atoms with E-state index in [-0.39, 0.29) is 11.9 Å². The molecule has 1 saturated heterocycles. The van der Waals surface area contributed by atoms with Crippen molar-refractivity contribution >= 4 is 11.9 Å². The van der Waals surface area contributed by atoms with Crippen molar-refractivity contribution in [1.29, 1.82) is 0 Å². The van der Waals surface area contributed by atoms with E-state index >= 15 is 0 Å². The Kier molecular flexibility index (Phi) is 3.94. The number of hydrogen-bond donors (Lipinski definition) is 1. The molecule has 1 saturated carbocycles. The van der Waals surface area contributed by atoms with E-state index < -0.39 is 5.54 Å². The fraction of sp³-hybridized carbons (Fsp3) is 0.579. The van der Waals surface area contributed by atoms with Crippen molar-refractivity contribution in [1.82, 2.24) is 10.2 Å². The van der Waals surface area contributed by atoms with Gasteiger partial charge in [0.15, 0.2) is 5.54 Å². The number of carbonyl (C=O) groups excluding carboxylic acids is 2. The zero-order valence-corrected chi connectivity index (χ0v) is 13.9. The summed E-state index contributed by atoms with van der Waals surface area (Å²) in [5, 5.41) is 2.96. The maximum Gasteiger partial charge on any atom is 0.325 e. The number of nitrogens with zero attached hydrogens (tertiary/aromatic N) is 1. The van der Waals surface area contributed by atoms with Gasteiger partial charge in [-0.25, -0.2) is 4.79 Å². The number of fused-ring (bicyclic) bond motifs is 2. The zero-order valence-electron chi connectivity index (χ0n) is 13.9. The lowest BCUT2D eigenvalue weighted by molar-refractivity contribution is -0.132. The van der Waals surface area contributed by atoms with Crippen LogP contribution in [0.25, 0.3) is 0 Å². The van der Waals surface area contributed by atoms with Crippen LogP contribution in [-0.4, -0.2) is 30.0 Å². The smallest absolute Gasteiger partial charge is 0.325 e. The van der Waals surface area contributed by atoms with E-state index in [0.717, 1.165) is 24.3 Å². The molecule has 5 nitrogen and oxygen atoms in total. The fourth-order valence-electron chi connectivity index (χ4n) is 4.41. The van der Waals surface area contributed by atoms with Gasteiger partial charge in [0.25, 0.3) is 5.91 Å². The number of ether oxygens (including phenoxy) is 1. The number of hydrogen-bond acceptors (Lipinski definition) is 3. The van der Waals surface area contributed by atoms with Crippen LogP contribution in [0.15, 0.2) is 24.3 Å². The molecule has 1 unspecified atom stereocenters. The molecule has 4 rings (SSSR count). The van der Waals surface area contributed by atoms with Crippen molar-refractivity contribution in [3.05, 3.63) is 29.8 Å². The lowest BCUT2D eigenvalue weighted by atomic mass is 9.84. The summed E-state index contributed by atoms with van der Waals surface area (Å²) < 4.78 is 5.66. The number of carbonyl (C=O) groups is 2. The van der Waals surface area contributed by atoms with E-state index in [1.807, 2.05) is 24.3 Å². The fourth-order valence-corrected chi connectivity index (χ4v) is 4.41. The van der Waals surface area contributed by atoms with Gasteiger partial charge in [-0.2, -0.15) is 0 Å². The number of amides is 3. The lowest BCUT2D eigenvalue weighted by Gasteiger charge is -2.33. The molecule has 2 aliphatic heterocycles. The largest absolute Gasteiger partial charge is 0.493 e. The van der Waals surface area contributed by atoms with Gasteiger partial charge in [-0.3, -0.25) is 9.69 Å². The minimum absolute atomic E-state index is 0.116. The first-order valence-corrected chi connectivity index (χ1v) is 9.07. The Labute approximate surface area is 142 Å². The van der Waals surface area contributed by atoms with Gasteiger partial charge in [0.2, 0.25) is 0 Å². The lowest BCUT2D eigenvalue weighted by Crippen LogP contribution is -2.47. The highest BCUT2D eigenvalue weighted by Crippen LogP contribution is 2.41. The molecule has 1 aromatic rings. The third-order valence-corrected chi connectivity index (χ3v) is 5.73. The minimum Gasteiger partial charge on any atom is -0.493 e. The number of urea groups is 1. The number of benzene rings is 1. The van der Waals surface area contributed by atoms with Crippen LogP contribution in [-0.2, 0) is 10.3 Å². The average molecular weight is 328 g/mol. The monoisotopic (exact) mass is 328 g/mol. The molecule has 2 heterocycles. The normalized spacial score (nSPS) is 26.6. The Bertz CT molecular complexity index is 654. The molecule has 0 aromatic heterocycles. The maximum absolute atomic E-state index is 13.1. The van der Waals surface area contributed by atoms with Crippen molar-refractivity contribution in [2.75, 3.05) is 13.2 Å². The summed E-state index contributed by atoms with van der Waals surface area (Å²) >= 11 is 0. The standard InChI is InChI=1S/C19H24N2O3/c22-17-19(11-13-24-16-10-4-3-9-15(16)19)20-18(23)21(17)12-5-8-14-6-1-2-7-14/h3-4,9-10,14H,1-2,5-8,11-13H2,(H,20,23). The van der Waals surface area contributed by atoms with Gasteiger partial charge >= 0.3 is 6.03 Å². The summed E-state index contributed by atoms with van der Waals surface area (Å²) in [6.07, 6.45) is 7.76. The third-order valence-electron chi connectivity index (χ3n) is 5.73.